The van der Waals surface area contributed by atoms with E-state index < -0.39 is 0 Å². The van der Waals surface area contributed by atoms with Gasteiger partial charge in [-0.3, -0.25) is 4.79 Å². The molecule has 5 nitrogen and oxygen atoms in total. The molecule has 2 N–H and O–H groups in total. The average molecular weight is 315 g/mol. The molecule has 1 aliphatic heterocycles. The predicted molar refractivity (Wildman–Crippen MR) is 91.6 cm³/mol. The van der Waals surface area contributed by atoms with Crippen LogP contribution in [-0.4, -0.2) is 24.3 Å². The highest BCUT2D eigenvalue weighted by Gasteiger charge is 2.16. The summed E-state index contributed by atoms with van der Waals surface area (Å²) in [4.78, 5) is 15.5. The average Bonchev–Trinajstić information content (AvgIpc) is 2.82. The molecule has 2 aromatic rings. The maximum Gasteiger partial charge on any atom is 0.219 e. The molecule has 0 spiro atoms. The van der Waals surface area contributed by atoms with Gasteiger partial charge < -0.3 is 15.1 Å². The van der Waals surface area contributed by atoms with Crippen molar-refractivity contribution >= 4 is 46.1 Å². The molecule has 0 aliphatic carbocycles. The maximum atomic E-state index is 11.3. The molecule has 6 heteroatoms. The normalized spacial score (nSPS) is 13.6. The summed E-state index contributed by atoms with van der Waals surface area (Å²) in [5.41, 5.74) is 4.10. The topological polar surface area (TPSA) is 66.6 Å². The molecule has 22 heavy (non-hydrogen) atoms. The minimum absolute atomic E-state index is 0.0609. The van der Waals surface area contributed by atoms with Crippen LogP contribution < -0.4 is 10.6 Å². The first kappa shape index (κ1) is 14.7. The highest BCUT2D eigenvalue weighted by molar-refractivity contribution is 7.80. The lowest BCUT2D eigenvalue weighted by Crippen LogP contribution is -2.17. The Kier molecular flexibility index (Phi) is 4.20. The van der Waals surface area contributed by atoms with Crippen molar-refractivity contribution in [3.05, 3.63) is 29.5 Å². The third-order valence-corrected chi connectivity index (χ3v) is 4.01. The lowest BCUT2D eigenvalue weighted by atomic mass is 9.99. The summed E-state index contributed by atoms with van der Waals surface area (Å²) >= 11 is 5.14. The van der Waals surface area contributed by atoms with Crippen molar-refractivity contribution in [2.24, 2.45) is 4.99 Å². The Balaban J connectivity index is 1.92. The zero-order valence-electron chi connectivity index (χ0n) is 12.3. The molecular formula is C16H17N3O2S. The van der Waals surface area contributed by atoms with Gasteiger partial charge in [0.25, 0.3) is 0 Å². The molecule has 0 saturated carbocycles. The van der Waals surface area contributed by atoms with Crippen LogP contribution in [-0.2, 0) is 17.6 Å². The number of aryl methyl sites for hydroxylation is 1. The van der Waals surface area contributed by atoms with Crippen LogP contribution in [0.25, 0.3) is 11.0 Å². The number of carbonyl (C=O) groups is 1. The summed E-state index contributed by atoms with van der Waals surface area (Å²) in [6, 6.07) is 3.91. The predicted octanol–water partition coefficient (Wildman–Crippen LogP) is 2.83. The number of rotatable bonds is 4. The van der Waals surface area contributed by atoms with Gasteiger partial charge in [0.05, 0.1) is 6.26 Å². The van der Waals surface area contributed by atoms with Gasteiger partial charge in [-0.05, 0) is 48.3 Å². The van der Waals surface area contributed by atoms with Crippen molar-refractivity contribution in [3.63, 3.8) is 0 Å². The largest absolute Gasteiger partial charge is 0.464 e. The number of nitrogens with zero attached hydrogens (tertiary/aromatic N) is 1. The van der Waals surface area contributed by atoms with E-state index in [2.05, 4.69) is 15.6 Å². The van der Waals surface area contributed by atoms with Gasteiger partial charge >= 0.3 is 0 Å². The van der Waals surface area contributed by atoms with Crippen LogP contribution in [0.2, 0.25) is 0 Å². The molecule has 0 fully saturated rings. The fourth-order valence-corrected chi connectivity index (χ4v) is 2.90. The SMILES string of the molecule is CNC(=O)CCCc1coc2ccc3c(c12)CC=NC(=S)N3. The fourth-order valence-electron chi connectivity index (χ4n) is 2.71. The molecule has 3 rings (SSSR count). The first-order chi connectivity index (χ1) is 10.7. The van der Waals surface area contributed by atoms with Crippen molar-refractivity contribution in [1.82, 2.24) is 5.32 Å². The minimum Gasteiger partial charge on any atom is -0.464 e. The molecule has 1 aliphatic rings. The van der Waals surface area contributed by atoms with Gasteiger partial charge in [0.2, 0.25) is 5.91 Å². The molecule has 114 valence electrons. The number of amides is 1. The number of carbonyl (C=O) groups excluding carboxylic acids is 1. The number of aliphatic imine (C=N–C) groups is 1. The van der Waals surface area contributed by atoms with Crippen LogP contribution in [0.5, 0.6) is 0 Å². The Labute approximate surface area is 133 Å². The van der Waals surface area contributed by atoms with Crippen LogP contribution in [0.4, 0.5) is 5.69 Å². The van der Waals surface area contributed by atoms with Crippen molar-refractivity contribution in [3.8, 4) is 0 Å². The zero-order valence-corrected chi connectivity index (χ0v) is 13.1. The van der Waals surface area contributed by atoms with E-state index in [1.54, 1.807) is 13.3 Å². The summed E-state index contributed by atoms with van der Waals surface area (Å²) in [7, 11) is 1.66. The Bertz CT molecular complexity index is 764. The Morgan fingerprint density at radius 1 is 1.50 bits per heavy atom. The highest BCUT2D eigenvalue weighted by Crippen LogP contribution is 2.32. The molecule has 0 unspecified atom stereocenters. The van der Waals surface area contributed by atoms with Gasteiger partial charge in [0.15, 0.2) is 5.11 Å². The second kappa shape index (κ2) is 6.27. The summed E-state index contributed by atoms with van der Waals surface area (Å²) in [6.45, 7) is 0. The summed E-state index contributed by atoms with van der Waals surface area (Å²) < 4.78 is 5.66. The van der Waals surface area contributed by atoms with Crippen molar-refractivity contribution in [2.45, 2.75) is 25.7 Å². The molecule has 1 aromatic carbocycles. The number of benzene rings is 1. The third-order valence-electron chi connectivity index (χ3n) is 3.80. The van der Waals surface area contributed by atoms with Crippen LogP contribution >= 0.6 is 12.2 Å². The highest BCUT2D eigenvalue weighted by atomic mass is 32.1. The van der Waals surface area contributed by atoms with Crippen LogP contribution in [0, 0.1) is 0 Å². The number of hydrogen-bond donors (Lipinski definition) is 2. The standard InChI is InChI=1S/C16H17N3O2S/c1-17-14(20)4-2-3-10-9-21-13-6-5-12-11(15(10)13)7-8-18-16(22)19-12/h5-6,8-9H,2-4,7H2,1H3,(H,17,20)(H,19,22). The second-order valence-corrected chi connectivity index (χ2v) is 5.59. The lowest BCUT2D eigenvalue weighted by molar-refractivity contribution is -0.120. The van der Waals surface area contributed by atoms with Gasteiger partial charge in [-0.15, -0.1) is 0 Å². The van der Waals surface area contributed by atoms with Crippen LogP contribution in [0.1, 0.15) is 24.0 Å². The zero-order chi connectivity index (χ0) is 15.5. The maximum absolute atomic E-state index is 11.3. The first-order valence-corrected chi connectivity index (χ1v) is 7.66. The molecule has 1 aromatic heterocycles. The molecule has 0 bridgehead atoms. The minimum atomic E-state index is 0.0609. The van der Waals surface area contributed by atoms with Gasteiger partial charge in [0, 0.05) is 37.2 Å². The number of thiocarbonyl (C=S) groups is 1. The first-order valence-electron chi connectivity index (χ1n) is 7.25. The molecule has 2 heterocycles. The van der Waals surface area contributed by atoms with Crippen LogP contribution in [0.3, 0.4) is 0 Å². The van der Waals surface area contributed by atoms with Gasteiger partial charge in [-0.1, -0.05) is 0 Å². The van der Waals surface area contributed by atoms with Crippen molar-refractivity contribution in [1.29, 1.82) is 0 Å². The van der Waals surface area contributed by atoms with E-state index in [9.17, 15) is 4.79 Å². The van der Waals surface area contributed by atoms with Gasteiger partial charge in [0.1, 0.15) is 5.58 Å². The van der Waals surface area contributed by atoms with E-state index in [0.29, 0.717) is 18.0 Å². The van der Waals surface area contributed by atoms with Crippen molar-refractivity contribution < 1.29 is 9.21 Å². The monoisotopic (exact) mass is 315 g/mol. The fraction of sp³-hybridized carbons (Fsp3) is 0.312. The van der Waals surface area contributed by atoms with Gasteiger partial charge in [-0.2, -0.15) is 0 Å². The van der Waals surface area contributed by atoms with E-state index in [1.165, 1.54) is 0 Å². The lowest BCUT2D eigenvalue weighted by Gasteiger charge is -2.09. The molecule has 0 radical (unpaired) electrons. The second-order valence-electron chi connectivity index (χ2n) is 5.20. The molecule has 1 amide bonds. The van der Waals surface area contributed by atoms with Gasteiger partial charge in [-0.25, -0.2) is 4.99 Å². The van der Waals surface area contributed by atoms with E-state index in [4.69, 9.17) is 16.6 Å². The van der Waals surface area contributed by atoms with E-state index in [1.807, 2.05) is 18.3 Å². The van der Waals surface area contributed by atoms with E-state index in [0.717, 1.165) is 40.6 Å². The summed E-state index contributed by atoms with van der Waals surface area (Å²) in [6.07, 6.45) is 6.43. The number of furan rings is 1. The number of anilines is 1. The van der Waals surface area contributed by atoms with E-state index in [-0.39, 0.29) is 5.91 Å². The molecular weight excluding hydrogens is 298 g/mol. The Morgan fingerprint density at radius 3 is 3.18 bits per heavy atom. The van der Waals surface area contributed by atoms with E-state index >= 15 is 0 Å². The smallest absolute Gasteiger partial charge is 0.219 e. The number of nitrogens with one attached hydrogen (secondary N) is 2. The Hall–Kier alpha value is -2.21. The molecule has 0 saturated heterocycles. The van der Waals surface area contributed by atoms with Crippen LogP contribution in [0.15, 0.2) is 27.8 Å². The number of fused-ring (bicyclic) bond motifs is 3. The van der Waals surface area contributed by atoms with Crippen molar-refractivity contribution in [2.75, 3.05) is 12.4 Å². The quantitative estimate of drug-likeness (QED) is 0.852. The number of hydrogen-bond acceptors (Lipinski definition) is 3. The molecule has 0 atom stereocenters. The summed E-state index contributed by atoms with van der Waals surface area (Å²) in [5.74, 6) is 0.0609. The summed E-state index contributed by atoms with van der Waals surface area (Å²) in [5, 5.41) is 7.37. The third kappa shape index (κ3) is 2.87. The Morgan fingerprint density at radius 2 is 2.36 bits per heavy atom.